The Morgan fingerprint density at radius 2 is 1.95 bits per heavy atom. The quantitative estimate of drug-likeness (QED) is 0.841. The van der Waals surface area contributed by atoms with Crippen LogP contribution in [0.25, 0.3) is 0 Å². The van der Waals surface area contributed by atoms with Crippen molar-refractivity contribution in [3.8, 4) is 0 Å². The Morgan fingerprint density at radius 1 is 1.30 bits per heavy atom. The molecule has 1 amide bonds. The van der Waals surface area contributed by atoms with E-state index in [2.05, 4.69) is 0 Å². The molecule has 2 rings (SSSR count). The van der Waals surface area contributed by atoms with Gasteiger partial charge in [0.1, 0.15) is 6.04 Å². The standard InChI is InChI=1S/C13H15ClN2O4/c1-20-12(17)11-8-15(13(18)19)6-7-16(11)10-4-2-9(14)3-5-10/h2-5,11H,6-8H2,1H3,(H,18,19). The van der Waals surface area contributed by atoms with Gasteiger partial charge in [0.15, 0.2) is 0 Å². The fourth-order valence-corrected chi connectivity index (χ4v) is 2.36. The number of amides is 1. The van der Waals surface area contributed by atoms with Crippen LogP contribution in [0, 0.1) is 0 Å². The van der Waals surface area contributed by atoms with E-state index in [0.717, 1.165) is 5.69 Å². The number of halogens is 1. The number of benzene rings is 1. The van der Waals surface area contributed by atoms with Crippen LogP contribution in [0.1, 0.15) is 0 Å². The lowest BCUT2D eigenvalue weighted by atomic mass is 10.1. The number of piperazine rings is 1. The topological polar surface area (TPSA) is 70.1 Å². The minimum atomic E-state index is -1.03. The van der Waals surface area contributed by atoms with Gasteiger partial charge in [-0.3, -0.25) is 0 Å². The van der Waals surface area contributed by atoms with Gasteiger partial charge in [0, 0.05) is 23.8 Å². The highest BCUT2D eigenvalue weighted by atomic mass is 35.5. The first-order chi connectivity index (χ1) is 9.52. The largest absolute Gasteiger partial charge is 0.467 e. The number of anilines is 1. The third-order valence-electron chi connectivity index (χ3n) is 3.28. The molecule has 108 valence electrons. The lowest BCUT2D eigenvalue weighted by Crippen LogP contribution is -2.58. The monoisotopic (exact) mass is 298 g/mol. The third-order valence-corrected chi connectivity index (χ3v) is 3.53. The number of rotatable bonds is 2. The molecule has 1 aliphatic rings. The zero-order valence-electron chi connectivity index (χ0n) is 11.0. The van der Waals surface area contributed by atoms with Crippen molar-refractivity contribution in [1.29, 1.82) is 0 Å². The van der Waals surface area contributed by atoms with E-state index in [1.807, 2.05) is 4.90 Å². The van der Waals surface area contributed by atoms with Crippen molar-refractivity contribution in [3.05, 3.63) is 29.3 Å². The molecule has 20 heavy (non-hydrogen) atoms. The molecule has 1 saturated heterocycles. The van der Waals surface area contributed by atoms with Gasteiger partial charge in [-0.05, 0) is 24.3 Å². The summed E-state index contributed by atoms with van der Waals surface area (Å²) < 4.78 is 4.77. The first kappa shape index (κ1) is 14.5. The summed E-state index contributed by atoms with van der Waals surface area (Å²) in [5.41, 5.74) is 0.815. The van der Waals surface area contributed by atoms with E-state index < -0.39 is 18.1 Å². The van der Waals surface area contributed by atoms with Crippen LogP contribution in [0.4, 0.5) is 10.5 Å². The summed E-state index contributed by atoms with van der Waals surface area (Å²) in [6.45, 7) is 0.851. The molecule has 1 unspecified atom stereocenters. The van der Waals surface area contributed by atoms with E-state index in [1.165, 1.54) is 12.0 Å². The molecule has 1 aliphatic heterocycles. The molecule has 1 aromatic rings. The first-order valence-corrected chi connectivity index (χ1v) is 6.48. The number of carbonyl (C=O) groups excluding carboxylic acids is 1. The zero-order valence-corrected chi connectivity index (χ0v) is 11.7. The van der Waals surface area contributed by atoms with Gasteiger partial charge in [-0.1, -0.05) is 11.6 Å². The molecule has 1 aromatic carbocycles. The number of esters is 1. The number of methoxy groups -OCH3 is 1. The van der Waals surface area contributed by atoms with E-state index in [9.17, 15) is 9.59 Å². The highest BCUT2D eigenvalue weighted by Crippen LogP contribution is 2.23. The fraction of sp³-hybridized carbons (Fsp3) is 0.385. The molecular weight excluding hydrogens is 284 g/mol. The molecule has 1 fully saturated rings. The molecule has 0 spiro atoms. The Bertz CT molecular complexity index is 506. The second-order valence-electron chi connectivity index (χ2n) is 4.44. The molecule has 6 nitrogen and oxygen atoms in total. The maximum Gasteiger partial charge on any atom is 0.407 e. The first-order valence-electron chi connectivity index (χ1n) is 6.11. The molecule has 7 heteroatoms. The van der Waals surface area contributed by atoms with Crippen LogP contribution in [0.2, 0.25) is 5.02 Å². The normalized spacial score (nSPS) is 18.8. The molecule has 0 bridgehead atoms. The molecule has 1 atom stereocenters. The van der Waals surface area contributed by atoms with Gasteiger partial charge >= 0.3 is 12.1 Å². The van der Waals surface area contributed by atoms with Crippen LogP contribution in [0.3, 0.4) is 0 Å². The van der Waals surface area contributed by atoms with E-state index >= 15 is 0 Å². The predicted octanol–water partition coefficient (Wildman–Crippen LogP) is 1.68. The highest BCUT2D eigenvalue weighted by Gasteiger charge is 2.35. The second kappa shape index (κ2) is 6.00. The Hall–Kier alpha value is -1.95. The molecule has 0 aliphatic carbocycles. The Kier molecular flexibility index (Phi) is 4.34. The third kappa shape index (κ3) is 2.96. The Labute approximate surface area is 121 Å². The molecule has 1 heterocycles. The van der Waals surface area contributed by atoms with Crippen molar-refractivity contribution in [1.82, 2.24) is 4.90 Å². The highest BCUT2D eigenvalue weighted by molar-refractivity contribution is 6.30. The van der Waals surface area contributed by atoms with E-state index in [-0.39, 0.29) is 6.54 Å². The number of nitrogens with zero attached hydrogens (tertiary/aromatic N) is 2. The van der Waals surface area contributed by atoms with Crippen LogP contribution in [-0.2, 0) is 9.53 Å². The summed E-state index contributed by atoms with van der Waals surface area (Å²) >= 11 is 5.85. The summed E-state index contributed by atoms with van der Waals surface area (Å²) in [4.78, 5) is 26.0. The lowest BCUT2D eigenvalue weighted by molar-refractivity contribution is -0.143. The van der Waals surface area contributed by atoms with Gasteiger partial charge in [0.2, 0.25) is 0 Å². The average molecular weight is 299 g/mol. The summed E-state index contributed by atoms with van der Waals surface area (Å²) in [6.07, 6.45) is -1.03. The van der Waals surface area contributed by atoms with Crippen LogP contribution < -0.4 is 4.90 Å². The van der Waals surface area contributed by atoms with Crippen LogP contribution >= 0.6 is 11.6 Å². The fourth-order valence-electron chi connectivity index (χ4n) is 2.24. The SMILES string of the molecule is COC(=O)C1CN(C(=O)O)CCN1c1ccc(Cl)cc1. The smallest absolute Gasteiger partial charge is 0.407 e. The lowest BCUT2D eigenvalue weighted by Gasteiger charge is -2.40. The molecule has 0 aromatic heterocycles. The minimum Gasteiger partial charge on any atom is -0.467 e. The second-order valence-corrected chi connectivity index (χ2v) is 4.87. The van der Waals surface area contributed by atoms with Crippen molar-refractivity contribution >= 4 is 29.4 Å². The summed E-state index contributed by atoms with van der Waals surface area (Å²) in [7, 11) is 1.29. The van der Waals surface area contributed by atoms with Crippen molar-refractivity contribution in [2.24, 2.45) is 0 Å². The van der Waals surface area contributed by atoms with Crippen LogP contribution in [0.15, 0.2) is 24.3 Å². The van der Waals surface area contributed by atoms with E-state index in [0.29, 0.717) is 18.1 Å². The van der Waals surface area contributed by atoms with Gasteiger partial charge in [-0.2, -0.15) is 0 Å². The minimum absolute atomic E-state index is 0.0879. The number of hydrogen-bond acceptors (Lipinski definition) is 4. The van der Waals surface area contributed by atoms with Crippen molar-refractivity contribution in [2.75, 3.05) is 31.6 Å². The number of carbonyl (C=O) groups is 2. The summed E-state index contributed by atoms with van der Waals surface area (Å²) in [5, 5.41) is 9.65. The van der Waals surface area contributed by atoms with E-state index in [1.54, 1.807) is 24.3 Å². The van der Waals surface area contributed by atoms with E-state index in [4.69, 9.17) is 21.4 Å². The van der Waals surface area contributed by atoms with Gasteiger partial charge in [0.25, 0.3) is 0 Å². The molecule has 1 N–H and O–H groups in total. The Balaban J connectivity index is 2.24. The average Bonchev–Trinajstić information content (AvgIpc) is 2.46. The van der Waals surface area contributed by atoms with Crippen molar-refractivity contribution < 1.29 is 19.4 Å². The predicted molar refractivity (Wildman–Crippen MR) is 74.2 cm³/mol. The zero-order chi connectivity index (χ0) is 14.7. The molecular formula is C13H15ClN2O4. The Morgan fingerprint density at radius 3 is 2.50 bits per heavy atom. The van der Waals surface area contributed by atoms with Gasteiger partial charge in [-0.25, -0.2) is 9.59 Å². The van der Waals surface area contributed by atoms with Crippen molar-refractivity contribution in [2.45, 2.75) is 6.04 Å². The summed E-state index contributed by atoms with van der Waals surface area (Å²) in [5.74, 6) is -0.453. The van der Waals surface area contributed by atoms with Gasteiger partial charge in [-0.15, -0.1) is 0 Å². The van der Waals surface area contributed by atoms with Gasteiger partial charge < -0.3 is 19.6 Å². The molecule has 0 saturated carbocycles. The number of carboxylic acid groups (broad SMARTS) is 1. The van der Waals surface area contributed by atoms with Crippen LogP contribution in [0.5, 0.6) is 0 Å². The number of ether oxygens (including phenoxy) is 1. The van der Waals surface area contributed by atoms with Crippen LogP contribution in [-0.4, -0.2) is 54.9 Å². The number of hydrogen-bond donors (Lipinski definition) is 1. The van der Waals surface area contributed by atoms with Crippen molar-refractivity contribution in [3.63, 3.8) is 0 Å². The van der Waals surface area contributed by atoms with Gasteiger partial charge in [0.05, 0.1) is 13.7 Å². The molecule has 0 radical (unpaired) electrons. The maximum absolute atomic E-state index is 11.9. The maximum atomic E-state index is 11.9. The summed E-state index contributed by atoms with van der Waals surface area (Å²) in [6, 6.07) is 6.42.